The minimum Gasteiger partial charge on any atom is -0.469 e. The summed E-state index contributed by atoms with van der Waals surface area (Å²) in [6.45, 7) is 9.13. The largest absolute Gasteiger partial charge is 0.469 e. The van der Waals surface area contributed by atoms with Crippen LogP contribution in [0.1, 0.15) is 19.1 Å². The summed E-state index contributed by atoms with van der Waals surface area (Å²) in [6.07, 6.45) is 3.58. The van der Waals surface area contributed by atoms with Crippen LogP contribution in [0.5, 0.6) is 0 Å². The lowest BCUT2D eigenvalue weighted by Crippen LogP contribution is -2.44. The first-order valence-electron chi connectivity index (χ1n) is 9.14. The van der Waals surface area contributed by atoms with Gasteiger partial charge < -0.3 is 24.5 Å². The lowest BCUT2D eigenvalue weighted by molar-refractivity contribution is 0.0377. The Balaban J connectivity index is 0.00000338. The molecule has 2 rings (SSSR count). The van der Waals surface area contributed by atoms with Gasteiger partial charge in [0, 0.05) is 52.3 Å². The van der Waals surface area contributed by atoms with Crippen molar-refractivity contribution in [1.29, 1.82) is 0 Å². The Labute approximate surface area is 173 Å². The number of nitrogens with zero attached hydrogens (tertiary/aromatic N) is 2. The Morgan fingerprint density at radius 2 is 2.19 bits per heavy atom. The fraction of sp³-hybridized carbons (Fsp3) is 0.722. The summed E-state index contributed by atoms with van der Waals surface area (Å²) in [7, 11) is 1.71. The van der Waals surface area contributed by atoms with Gasteiger partial charge in [0.2, 0.25) is 0 Å². The Kier molecular flexibility index (Phi) is 12.7. The summed E-state index contributed by atoms with van der Waals surface area (Å²) in [6, 6.07) is 4.11. The number of furan rings is 1. The van der Waals surface area contributed by atoms with Crippen molar-refractivity contribution in [2.75, 3.05) is 59.7 Å². The molecule has 26 heavy (non-hydrogen) atoms. The van der Waals surface area contributed by atoms with Crippen molar-refractivity contribution < 1.29 is 13.9 Å². The smallest absolute Gasteiger partial charge is 0.191 e. The number of methoxy groups -OCH3 is 1. The Morgan fingerprint density at radius 1 is 1.38 bits per heavy atom. The molecule has 1 saturated heterocycles. The van der Waals surface area contributed by atoms with Gasteiger partial charge >= 0.3 is 0 Å². The first kappa shape index (κ1) is 23.2. The average molecular weight is 480 g/mol. The van der Waals surface area contributed by atoms with Crippen molar-refractivity contribution in [3.63, 3.8) is 0 Å². The lowest BCUT2D eigenvalue weighted by Gasteiger charge is -2.26. The van der Waals surface area contributed by atoms with Crippen LogP contribution in [0, 0.1) is 0 Å². The molecule has 1 aromatic heterocycles. The second kappa shape index (κ2) is 14.2. The molecule has 0 aliphatic carbocycles. The second-order valence-electron chi connectivity index (χ2n) is 6.29. The van der Waals surface area contributed by atoms with Crippen LogP contribution in [0.2, 0.25) is 0 Å². The van der Waals surface area contributed by atoms with Gasteiger partial charge in [-0.05, 0) is 25.5 Å². The van der Waals surface area contributed by atoms with E-state index in [4.69, 9.17) is 18.9 Å². The third-order valence-corrected chi connectivity index (χ3v) is 4.05. The van der Waals surface area contributed by atoms with Crippen LogP contribution >= 0.6 is 24.0 Å². The van der Waals surface area contributed by atoms with Gasteiger partial charge in [-0.2, -0.15) is 0 Å². The fourth-order valence-electron chi connectivity index (χ4n) is 2.75. The molecule has 0 radical (unpaired) electrons. The molecular formula is C18H33IN4O3. The summed E-state index contributed by atoms with van der Waals surface area (Å²) in [5.74, 6) is 1.81. The number of aliphatic imine (C=N–C) groups is 1. The molecule has 8 heteroatoms. The van der Waals surface area contributed by atoms with Crippen LogP contribution in [0.15, 0.2) is 27.8 Å². The van der Waals surface area contributed by atoms with Crippen LogP contribution < -0.4 is 10.6 Å². The minimum atomic E-state index is 0. The highest BCUT2D eigenvalue weighted by atomic mass is 127. The van der Waals surface area contributed by atoms with Crippen LogP contribution in [-0.2, 0) is 15.9 Å². The van der Waals surface area contributed by atoms with Gasteiger partial charge in [-0.15, -0.1) is 24.0 Å². The van der Waals surface area contributed by atoms with E-state index < -0.39 is 0 Å². The highest BCUT2D eigenvalue weighted by Crippen LogP contribution is 2.00. The van der Waals surface area contributed by atoms with E-state index in [9.17, 15) is 0 Å². The fourth-order valence-corrected chi connectivity index (χ4v) is 2.75. The van der Waals surface area contributed by atoms with Crippen LogP contribution in [0.3, 0.4) is 0 Å². The molecule has 150 valence electrons. The third-order valence-electron chi connectivity index (χ3n) is 4.05. The zero-order chi connectivity index (χ0) is 17.7. The molecule has 1 unspecified atom stereocenters. The van der Waals surface area contributed by atoms with Gasteiger partial charge in [-0.25, -0.2) is 0 Å². The molecule has 0 amide bonds. The number of guanidine groups is 1. The number of ether oxygens (including phenoxy) is 2. The maximum Gasteiger partial charge on any atom is 0.191 e. The Hall–Kier alpha value is -0.840. The van der Waals surface area contributed by atoms with Crippen LogP contribution in [0.25, 0.3) is 0 Å². The van der Waals surface area contributed by atoms with Crippen molar-refractivity contribution in [2.24, 2.45) is 4.99 Å². The molecule has 0 saturated carbocycles. The molecule has 2 N–H and O–H groups in total. The minimum absolute atomic E-state index is 0. The topological polar surface area (TPSA) is 71.3 Å². The number of nitrogens with one attached hydrogen (secondary N) is 2. The zero-order valence-electron chi connectivity index (χ0n) is 15.9. The predicted molar refractivity (Wildman–Crippen MR) is 114 cm³/mol. The van der Waals surface area contributed by atoms with E-state index >= 15 is 0 Å². The van der Waals surface area contributed by atoms with Gasteiger partial charge in [-0.1, -0.05) is 0 Å². The first-order chi connectivity index (χ1) is 12.3. The van der Waals surface area contributed by atoms with E-state index in [-0.39, 0.29) is 30.0 Å². The van der Waals surface area contributed by atoms with Gasteiger partial charge in [0.25, 0.3) is 0 Å². The van der Waals surface area contributed by atoms with Crippen LogP contribution in [0.4, 0.5) is 0 Å². The second-order valence-corrected chi connectivity index (χ2v) is 6.29. The first-order valence-corrected chi connectivity index (χ1v) is 9.14. The molecular weight excluding hydrogens is 447 g/mol. The van der Waals surface area contributed by atoms with Crippen molar-refractivity contribution in [3.05, 3.63) is 24.2 Å². The number of halogens is 1. The quantitative estimate of drug-likeness (QED) is 0.230. The molecule has 1 aliphatic rings. The average Bonchev–Trinajstić information content (AvgIpc) is 3.13. The SMILES string of the molecule is COCC(C)NC(=NCCCN1CCOCC1)NCCc1ccco1.I. The molecule has 0 bridgehead atoms. The summed E-state index contributed by atoms with van der Waals surface area (Å²) in [5.41, 5.74) is 0. The van der Waals surface area contributed by atoms with Gasteiger partial charge in [-0.3, -0.25) is 9.89 Å². The molecule has 1 aliphatic heterocycles. The van der Waals surface area contributed by atoms with Gasteiger partial charge in [0.05, 0.1) is 26.1 Å². The lowest BCUT2D eigenvalue weighted by atomic mass is 10.3. The molecule has 2 heterocycles. The summed E-state index contributed by atoms with van der Waals surface area (Å²) < 4.78 is 15.9. The van der Waals surface area contributed by atoms with Crippen LogP contribution in [-0.4, -0.2) is 76.6 Å². The predicted octanol–water partition coefficient (Wildman–Crippen LogP) is 1.73. The number of morpholine rings is 1. The Morgan fingerprint density at radius 3 is 2.88 bits per heavy atom. The van der Waals surface area contributed by atoms with E-state index in [0.717, 1.165) is 70.5 Å². The third kappa shape index (κ3) is 9.75. The van der Waals surface area contributed by atoms with Gasteiger partial charge in [0.15, 0.2) is 5.96 Å². The molecule has 1 atom stereocenters. The van der Waals surface area contributed by atoms with E-state index in [2.05, 4.69) is 22.5 Å². The normalized spacial score (nSPS) is 16.8. The summed E-state index contributed by atoms with van der Waals surface area (Å²) >= 11 is 0. The van der Waals surface area contributed by atoms with Crippen molar-refractivity contribution in [3.8, 4) is 0 Å². The highest BCUT2D eigenvalue weighted by Gasteiger charge is 2.09. The van der Waals surface area contributed by atoms with Crippen molar-refractivity contribution in [2.45, 2.75) is 25.8 Å². The summed E-state index contributed by atoms with van der Waals surface area (Å²) in [5, 5.41) is 6.76. The monoisotopic (exact) mass is 480 g/mol. The number of rotatable bonds is 10. The zero-order valence-corrected chi connectivity index (χ0v) is 18.2. The Bertz CT molecular complexity index is 479. The van der Waals surface area contributed by atoms with E-state index in [1.807, 2.05) is 12.1 Å². The maximum atomic E-state index is 5.38. The molecule has 1 fully saturated rings. The highest BCUT2D eigenvalue weighted by molar-refractivity contribution is 14.0. The standard InChI is InChI=1S/C18H32N4O3.HI/c1-16(15-23-2)21-18(20-8-6-17-5-3-12-25-17)19-7-4-9-22-10-13-24-14-11-22;/h3,5,12,16H,4,6-11,13-15H2,1-2H3,(H2,19,20,21);1H. The summed E-state index contributed by atoms with van der Waals surface area (Å²) in [4.78, 5) is 7.13. The van der Waals surface area contributed by atoms with Crippen molar-refractivity contribution in [1.82, 2.24) is 15.5 Å². The van der Waals surface area contributed by atoms with E-state index in [0.29, 0.717) is 6.61 Å². The van der Waals surface area contributed by atoms with Gasteiger partial charge in [0.1, 0.15) is 5.76 Å². The number of hydrogen-bond acceptors (Lipinski definition) is 5. The molecule has 0 aromatic carbocycles. The van der Waals surface area contributed by atoms with E-state index in [1.54, 1.807) is 13.4 Å². The van der Waals surface area contributed by atoms with E-state index in [1.165, 1.54) is 0 Å². The maximum absolute atomic E-state index is 5.38. The van der Waals surface area contributed by atoms with Crippen molar-refractivity contribution >= 4 is 29.9 Å². The molecule has 0 spiro atoms. The number of hydrogen-bond donors (Lipinski definition) is 2. The molecule has 7 nitrogen and oxygen atoms in total. The molecule has 1 aromatic rings.